The van der Waals surface area contributed by atoms with Gasteiger partial charge in [-0.1, -0.05) is 32.6 Å². The Labute approximate surface area is 212 Å². The van der Waals surface area contributed by atoms with Crippen molar-refractivity contribution in [3.8, 4) is 5.75 Å². The minimum absolute atomic E-state index is 0. The van der Waals surface area contributed by atoms with E-state index in [2.05, 4.69) is 9.64 Å². The van der Waals surface area contributed by atoms with Crippen LogP contribution in [-0.2, 0) is 10.0 Å². The van der Waals surface area contributed by atoms with E-state index in [1.807, 2.05) is 6.92 Å². The van der Waals surface area contributed by atoms with Crippen LogP contribution in [0.3, 0.4) is 0 Å². The van der Waals surface area contributed by atoms with E-state index in [0.29, 0.717) is 51.0 Å². The summed E-state index contributed by atoms with van der Waals surface area (Å²) in [5.74, 6) is -0.286. The van der Waals surface area contributed by atoms with Crippen LogP contribution in [-0.4, -0.2) is 67.2 Å². The summed E-state index contributed by atoms with van der Waals surface area (Å²) in [6, 6.07) is 5.08. The molecule has 0 N–H and O–H groups in total. The fraction of sp³-hybridized carbons (Fsp3) is 0.708. The topological polar surface area (TPSA) is 66.9 Å². The van der Waals surface area contributed by atoms with Crippen molar-refractivity contribution >= 4 is 28.2 Å². The number of ketones is 1. The second-order valence-electron chi connectivity index (χ2n) is 9.34. The van der Waals surface area contributed by atoms with E-state index in [4.69, 9.17) is 0 Å². The predicted molar refractivity (Wildman–Crippen MR) is 132 cm³/mol. The highest BCUT2D eigenvalue weighted by molar-refractivity contribution is 7.89. The zero-order valence-corrected chi connectivity index (χ0v) is 21.8. The molecule has 1 saturated carbocycles. The molecule has 35 heavy (non-hydrogen) atoms. The number of ether oxygens (including phenoxy) is 1. The molecule has 0 amide bonds. The number of rotatable bonds is 9. The molecule has 0 aromatic heterocycles. The van der Waals surface area contributed by atoms with E-state index >= 15 is 0 Å². The van der Waals surface area contributed by atoms with Gasteiger partial charge in [0.15, 0.2) is 5.78 Å². The van der Waals surface area contributed by atoms with E-state index in [1.54, 1.807) is 4.31 Å². The Bertz CT molecular complexity index is 910. The lowest BCUT2D eigenvalue weighted by molar-refractivity contribution is -0.274. The number of halogens is 4. The van der Waals surface area contributed by atoms with E-state index in [9.17, 15) is 26.4 Å². The van der Waals surface area contributed by atoms with Gasteiger partial charge in [-0.3, -0.25) is 9.69 Å². The third-order valence-corrected chi connectivity index (χ3v) is 9.10. The molecule has 6 nitrogen and oxygen atoms in total. The molecule has 0 atom stereocenters. The Balaban J connectivity index is 0.00000432. The standard InChI is InChI=1S/C24H35F3N2O4S.ClH/c1-2-19-34(31,32)29-17-15-28(16-18-29)23(12-5-3-4-6-13-23)14-11-22(30)20-7-9-21(10-8-20)33-24(25,26)27;/h7-10H,2-6,11-19H2,1H3;1H. The molecular formula is C24H36ClF3N2O4S. The molecule has 0 bridgehead atoms. The van der Waals surface area contributed by atoms with Gasteiger partial charge in [-0.05, 0) is 49.9 Å². The van der Waals surface area contributed by atoms with Crippen molar-refractivity contribution in [3.63, 3.8) is 0 Å². The van der Waals surface area contributed by atoms with Crippen molar-refractivity contribution in [3.05, 3.63) is 29.8 Å². The molecule has 11 heteroatoms. The van der Waals surface area contributed by atoms with E-state index in [-0.39, 0.29) is 35.2 Å². The average molecular weight is 541 g/mol. The molecule has 200 valence electrons. The Morgan fingerprint density at radius 3 is 2.09 bits per heavy atom. The SMILES string of the molecule is CCCS(=O)(=O)N1CCN(C2(CCC(=O)c3ccc(OC(F)(F)F)cc3)CCCCCC2)CC1.Cl. The van der Waals surface area contributed by atoms with Crippen LogP contribution in [0.5, 0.6) is 5.75 Å². The maximum atomic E-state index is 12.9. The van der Waals surface area contributed by atoms with Crippen LogP contribution >= 0.6 is 12.4 Å². The lowest BCUT2D eigenvalue weighted by Gasteiger charge is -2.48. The van der Waals surface area contributed by atoms with Gasteiger partial charge in [0.2, 0.25) is 10.0 Å². The van der Waals surface area contributed by atoms with E-state index in [0.717, 1.165) is 50.7 Å². The number of nitrogens with zero attached hydrogens (tertiary/aromatic N) is 2. The number of hydrogen-bond acceptors (Lipinski definition) is 5. The molecular weight excluding hydrogens is 505 g/mol. The molecule has 1 heterocycles. The van der Waals surface area contributed by atoms with Gasteiger partial charge in [-0.2, -0.15) is 4.31 Å². The van der Waals surface area contributed by atoms with Gasteiger partial charge in [-0.15, -0.1) is 25.6 Å². The highest BCUT2D eigenvalue weighted by Crippen LogP contribution is 2.38. The van der Waals surface area contributed by atoms with Gasteiger partial charge in [0, 0.05) is 43.7 Å². The van der Waals surface area contributed by atoms with Crippen molar-refractivity contribution < 1.29 is 31.1 Å². The number of hydrogen-bond donors (Lipinski definition) is 0. The van der Waals surface area contributed by atoms with Crippen molar-refractivity contribution in [2.75, 3.05) is 31.9 Å². The summed E-state index contributed by atoms with van der Waals surface area (Å²) in [7, 11) is -3.22. The number of benzene rings is 1. The number of carbonyl (C=O) groups is 1. The summed E-state index contributed by atoms with van der Waals surface area (Å²) in [5.41, 5.74) is 0.223. The number of alkyl halides is 3. The first kappa shape index (κ1) is 29.9. The second-order valence-corrected chi connectivity index (χ2v) is 11.4. The maximum Gasteiger partial charge on any atom is 0.573 e. The molecule has 1 saturated heterocycles. The molecule has 2 aliphatic rings. The first-order chi connectivity index (χ1) is 16.0. The predicted octanol–water partition coefficient (Wildman–Crippen LogP) is 5.42. The van der Waals surface area contributed by atoms with Gasteiger partial charge < -0.3 is 4.74 Å². The Morgan fingerprint density at radius 1 is 1.00 bits per heavy atom. The molecule has 1 aliphatic carbocycles. The molecule has 2 fully saturated rings. The minimum atomic E-state index is -4.77. The summed E-state index contributed by atoms with van der Waals surface area (Å²) in [5, 5.41) is 0. The smallest absolute Gasteiger partial charge is 0.406 e. The monoisotopic (exact) mass is 540 g/mol. The average Bonchev–Trinajstić information content (AvgIpc) is 3.04. The van der Waals surface area contributed by atoms with Crippen molar-refractivity contribution in [1.29, 1.82) is 0 Å². The number of piperazine rings is 1. The van der Waals surface area contributed by atoms with Gasteiger partial charge in [0.05, 0.1) is 5.75 Å². The van der Waals surface area contributed by atoms with Crippen LogP contribution in [0.15, 0.2) is 24.3 Å². The second kappa shape index (κ2) is 12.7. The number of sulfonamides is 1. The molecule has 1 aromatic rings. The van der Waals surface area contributed by atoms with E-state index < -0.39 is 16.4 Å². The zero-order chi connectivity index (χ0) is 24.8. The lowest BCUT2D eigenvalue weighted by atomic mass is 9.82. The first-order valence-electron chi connectivity index (χ1n) is 12.2. The molecule has 3 rings (SSSR count). The van der Waals surface area contributed by atoms with Crippen molar-refractivity contribution in [1.82, 2.24) is 9.21 Å². The summed E-state index contributed by atoms with van der Waals surface area (Å²) in [6.07, 6.45) is 3.19. The molecule has 0 radical (unpaired) electrons. The third-order valence-electron chi connectivity index (χ3n) is 7.03. The first-order valence-corrected chi connectivity index (χ1v) is 13.8. The summed E-state index contributed by atoms with van der Waals surface area (Å²) in [6.45, 7) is 4.11. The van der Waals surface area contributed by atoms with Crippen LogP contribution in [0.2, 0.25) is 0 Å². The zero-order valence-electron chi connectivity index (χ0n) is 20.2. The molecule has 1 aliphatic heterocycles. The Kier molecular flexibility index (Phi) is 10.9. The highest BCUT2D eigenvalue weighted by atomic mass is 35.5. The van der Waals surface area contributed by atoms with Gasteiger partial charge >= 0.3 is 6.36 Å². The normalized spacial score (nSPS) is 20.0. The highest BCUT2D eigenvalue weighted by Gasteiger charge is 2.40. The van der Waals surface area contributed by atoms with Crippen LogP contribution in [0.1, 0.15) is 75.1 Å². The van der Waals surface area contributed by atoms with Crippen LogP contribution < -0.4 is 4.74 Å². The molecule has 0 spiro atoms. The summed E-state index contributed by atoms with van der Waals surface area (Å²) >= 11 is 0. The number of carbonyl (C=O) groups excluding carboxylic acids is 1. The molecule has 1 aromatic carbocycles. The fourth-order valence-electron chi connectivity index (χ4n) is 5.27. The van der Waals surface area contributed by atoms with Crippen molar-refractivity contribution in [2.24, 2.45) is 0 Å². The van der Waals surface area contributed by atoms with Gasteiger partial charge in [0.25, 0.3) is 0 Å². The van der Waals surface area contributed by atoms with Gasteiger partial charge in [0.1, 0.15) is 5.75 Å². The maximum absolute atomic E-state index is 12.9. The third kappa shape index (κ3) is 8.33. The van der Waals surface area contributed by atoms with Crippen LogP contribution in [0, 0.1) is 0 Å². The minimum Gasteiger partial charge on any atom is -0.406 e. The van der Waals surface area contributed by atoms with Crippen LogP contribution in [0.25, 0.3) is 0 Å². The number of Topliss-reactive ketones (excluding diaryl/α,β-unsaturated/α-hetero) is 1. The quantitative estimate of drug-likeness (QED) is 0.309. The molecule has 0 unspecified atom stereocenters. The largest absolute Gasteiger partial charge is 0.573 e. The summed E-state index contributed by atoms with van der Waals surface area (Å²) in [4.78, 5) is 15.3. The van der Waals surface area contributed by atoms with Gasteiger partial charge in [-0.25, -0.2) is 8.42 Å². The Morgan fingerprint density at radius 2 is 1.57 bits per heavy atom. The lowest BCUT2D eigenvalue weighted by Crippen LogP contribution is -2.58. The van der Waals surface area contributed by atoms with Crippen LogP contribution in [0.4, 0.5) is 13.2 Å². The Hall–Kier alpha value is -1.36. The summed E-state index contributed by atoms with van der Waals surface area (Å²) < 4.78 is 67.5. The fourth-order valence-corrected chi connectivity index (χ4v) is 6.77. The van der Waals surface area contributed by atoms with E-state index in [1.165, 1.54) is 12.1 Å². The van der Waals surface area contributed by atoms with Crippen molar-refractivity contribution in [2.45, 2.75) is 76.6 Å².